The Labute approximate surface area is 182 Å². The van der Waals surface area contributed by atoms with E-state index in [1.54, 1.807) is 52.1 Å². The van der Waals surface area contributed by atoms with Gasteiger partial charge in [-0.1, -0.05) is 30.3 Å². The monoisotopic (exact) mass is 427 g/mol. The van der Waals surface area contributed by atoms with Gasteiger partial charge in [-0.2, -0.15) is 0 Å². The molecule has 166 valence electrons. The van der Waals surface area contributed by atoms with Crippen LogP contribution in [-0.2, 0) is 27.3 Å². The zero-order valence-electron chi connectivity index (χ0n) is 18.3. The Morgan fingerprint density at radius 3 is 2.23 bits per heavy atom. The fourth-order valence-electron chi connectivity index (χ4n) is 2.64. The van der Waals surface area contributed by atoms with Crippen molar-refractivity contribution in [1.29, 1.82) is 0 Å². The molecular formula is C23H29N3O5. The van der Waals surface area contributed by atoms with Crippen LogP contribution in [0.2, 0.25) is 0 Å². The number of benzene rings is 2. The zero-order chi connectivity index (χ0) is 22.9. The highest BCUT2D eigenvalue weighted by molar-refractivity contribution is 5.93. The first-order chi connectivity index (χ1) is 14.7. The molecule has 0 radical (unpaired) electrons. The molecule has 0 aliphatic carbocycles. The second-order valence-electron chi connectivity index (χ2n) is 7.86. The maximum absolute atomic E-state index is 12.4. The van der Waals surface area contributed by atoms with E-state index in [4.69, 9.17) is 9.47 Å². The Kier molecular flexibility index (Phi) is 8.43. The molecule has 8 nitrogen and oxygen atoms in total. The minimum absolute atomic E-state index is 0.171. The molecule has 0 aliphatic rings. The van der Waals surface area contributed by atoms with Gasteiger partial charge in [0.25, 0.3) is 0 Å². The first-order valence-corrected chi connectivity index (χ1v) is 9.90. The average Bonchev–Trinajstić information content (AvgIpc) is 2.71. The number of anilines is 1. The Morgan fingerprint density at radius 2 is 1.58 bits per heavy atom. The van der Waals surface area contributed by atoms with Crippen LogP contribution in [0.4, 0.5) is 10.5 Å². The van der Waals surface area contributed by atoms with Crippen molar-refractivity contribution in [3.05, 3.63) is 59.7 Å². The van der Waals surface area contributed by atoms with Crippen molar-refractivity contribution in [1.82, 2.24) is 10.6 Å². The molecule has 0 aromatic heterocycles. The van der Waals surface area contributed by atoms with Crippen molar-refractivity contribution in [2.75, 3.05) is 19.0 Å². The van der Waals surface area contributed by atoms with Gasteiger partial charge in [0.1, 0.15) is 17.9 Å². The standard InChI is InChI=1S/C23H29N3O5/c1-23(2,3)31-22(29)25-15-21(28)24-14-17-7-5-6-8-19(17)26-20(27)13-16-9-11-18(30-4)12-10-16/h5-12H,13-15H2,1-4H3,(H,24,28)(H,25,29)(H,26,27). The number of rotatable bonds is 8. The summed E-state index contributed by atoms with van der Waals surface area (Å²) in [6.45, 7) is 5.22. The zero-order valence-corrected chi connectivity index (χ0v) is 18.3. The molecule has 0 heterocycles. The summed E-state index contributed by atoms with van der Waals surface area (Å²) in [5, 5.41) is 8.00. The van der Waals surface area contributed by atoms with Crippen molar-refractivity contribution in [2.24, 2.45) is 0 Å². The smallest absolute Gasteiger partial charge is 0.408 e. The van der Waals surface area contributed by atoms with Gasteiger partial charge in [0.15, 0.2) is 0 Å². The molecule has 3 N–H and O–H groups in total. The summed E-state index contributed by atoms with van der Waals surface area (Å²) in [5.41, 5.74) is 1.58. The quantitative estimate of drug-likeness (QED) is 0.601. The van der Waals surface area contributed by atoms with E-state index < -0.39 is 11.7 Å². The van der Waals surface area contributed by atoms with E-state index in [0.717, 1.165) is 16.9 Å². The molecular weight excluding hydrogens is 398 g/mol. The van der Waals surface area contributed by atoms with Gasteiger partial charge < -0.3 is 25.4 Å². The molecule has 31 heavy (non-hydrogen) atoms. The highest BCUT2D eigenvalue weighted by Crippen LogP contribution is 2.16. The summed E-state index contributed by atoms with van der Waals surface area (Å²) in [7, 11) is 1.59. The third-order valence-electron chi connectivity index (χ3n) is 4.08. The molecule has 0 bridgehead atoms. The second kappa shape index (κ2) is 11.0. The van der Waals surface area contributed by atoms with Crippen molar-refractivity contribution in [3.63, 3.8) is 0 Å². The fourth-order valence-corrected chi connectivity index (χ4v) is 2.64. The molecule has 2 aromatic carbocycles. The number of nitrogens with one attached hydrogen (secondary N) is 3. The Bertz CT molecular complexity index is 904. The van der Waals surface area contributed by atoms with Crippen LogP contribution in [0.25, 0.3) is 0 Å². The van der Waals surface area contributed by atoms with Crippen molar-refractivity contribution >= 4 is 23.6 Å². The number of carbonyl (C=O) groups excluding carboxylic acids is 3. The molecule has 3 amide bonds. The molecule has 0 spiro atoms. The summed E-state index contributed by atoms with van der Waals surface area (Å²) < 4.78 is 10.2. The number of hydrogen-bond donors (Lipinski definition) is 3. The van der Waals surface area contributed by atoms with E-state index in [9.17, 15) is 14.4 Å². The van der Waals surface area contributed by atoms with Crippen LogP contribution in [0, 0.1) is 0 Å². The lowest BCUT2D eigenvalue weighted by Crippen LogP contribution is -2.39. The maximum atomic E-state index is 12.4. The number of ether oxygens (including phenoxy) is 2. The van der Waals surface area contributed by atoms with Crippen LogP contribution in [-0.4, -0.2) is 37.2 Å². The van der Waals surface area contributed by atoms with Gasteiger partial charge in [0, 0.05) is 12.2 Å². The van der Waals surface area contributed by atoms with Crippen LogP contribution in [0.1, 0.15) is 31.9 Å². The van der Waals surface area contributed by atoms with E-state index >= 15 is 0 Å². The van der Waals surface area contributed by atoms with Crippen molar-refractivity contribution in [2.45, 2.75) is 39.3 Å². The number of amides is 3. The summed E-state index contributed by atoms with van der Waals surface area (Å²) in [4.78, 5) is 36.1. The molecule has 0 unspecified atom stereocenters. The summed E-state index contributed by atoms with van der Waals surface area (Å²) >= 11 is 0. The van der Waals surface area contributed by atoms with E-state index in [1.807, 2.05) is 24.3 Å². The Hall–Kier alpha value is -3.55. The van der Waals surface area contributed by atoms with Gasteiger partial charge in [0.05, 0.1) is 13.5 Å². The van der Waals surface area contributed by atoms with Crippen LogP contribution < -0.4 is 20.7 Å². The number of hydrogen-bond acceptors (Lipinski definition) is 5. The average molecular weight is 428 g/mol. The predicted molar refractivity (Wildman–Crippen MR) is 118 cm³/mol. The first-order valence-electron chi connectivity index (χ1n) is 9.90. The lowest BCUT2D eigenvalue weighted by Gasteiger charge is -2.19. The van der Waals surface area contributed by atoms with Crippen LogP contribution in [0.3, 0.4) is 0 Å². The van der Waals surface area contributed by atoms with Gasteiger partial charge in [0.2, 0.25) is 11.8 Å². The normalized spacial score (nSPS) is 10.7. The molecule has 0 atom stereocenters. The van der Waals surface area contributed by atoms with Gasteiger partial charge in [-0.05, 0) is 50.1 Å². The number of carbonyl (C=O) groups is 3. The SMILES string of the molecule is COc1ccc(CC(=O)Nc2ccccc2CNC(=O)CNC(=O)OC(C)(C)C)cc1. The van der Waals surface area contributed by atoms with E-state index in [-0.39, 0.29) is 31.3 Å². The van der Waals surface area contributed by atoms with Crippen LogP contribution in [0.5, 0.6) is 5.75 Å². The largest absolute Gasteiger partial charge is 0.497 e. The highest BCUT2D eigenvalue weighted by Gasteiger charge is 2.16. The molecule has 0 aliphatic heterocycles. The topological polar surface area (TPSA) is 106 Å². The summed E-state index contributed by atoms with van der Waals surface area (Å²) in [5.74, 6) is 0.187. The molecule has 0 fully saturated rings. The molecule has 8 heteroatoms. The number of para-hydroxylation sites is 1. The van der Waals surface area contributed by atoms with Gasteiger partial charge >= 0.3 is 6.09 Å². The van der Waals surface area contributed by atoms with E-state index in [0.29, 0.717) is 5.69 Å². The molecule has 2 aromatic rings. The molecule has 2 rings (SSSR count). The lowest BCUT2D eigenvalue weighted by molar-refractivity contribution is -0.120. The van der Waals surface area contributed by atoms with Crippen LogP contribution in [0.15, 0.2) is 48.5 Å². The third kappa shape index (κ3) is 8.77. The van der Waals surface area contributed by atoms with E-state index in [2.05, 4.69) is 16.0 Å². The number of alkyl carbamates (subject to hydrolysis) is 1. The first kappa shape index (κ1) is 23.7. The summed E-state index contributed by atoms with van der Waals surface area (Å²) in [6, 6.07) is 14.5. The lowest BCUT2D eigenvalue weighted by atomic mass is 10.1. The second-order valence-corrected chi connectivity index (χ2v) is 7.86. The minimum atomic E-state index is -0.658. The highest BCUT2D eigenvalue weighted by atomic mass is 16.6. The van der Waals surface area contributed by atoms with Crippen molar-refractivity contribution < 1.29 is 23.9 Å². The van der Waals surface area contributed by atoms with Gasteiger partial charge in [-0.3, -0.25) is 9.59 Å². The van der Waals surface area contributed by atoms with Gasteiger partial charge in [-0.25, -0.2) is 4.79 Å². The molecule has 0 saturated carbocycles. The van der Waals surface area contributed by atoms with Gasteiger partial charge in [-0.15, -0.1) is 0 Å². The predicted octanol–water partition coefficient (Wildman–Crippen LogP) is 3.02. The maximum Gasteiger partial charge on any atom is 0.408 e. The Balaban J connectivity index is 1.86. The molecule has 0 saturated heterocycles. The minimum Gasteiger partial charge on any atom is -0.497 e. The van der Waals surface area contributed by atoms with Crippen molar-refractivity contribution in [3.8, 4) is 5.75 Å². The number of methoxy groups -OCH3 is 1. The van der Waals surface area contributed by atoms with E-state index in [1.165, 1.54) is 0 Å². The third-order valence-corrected chi connectivity index (χ3v) is 4.08. The Morgan fingerprint density at radius 1 is 0.903 bits per heavy atom. The fraction of sp³-hybridized carbons (Fsp3) is 0.348. The van der Waals surface area contributed by atoms with Crippen LogP contribution >= 0.6 is 0 Å². The summed E-state index contributed by atoms with van der Waals surface area (Å²) in [6.07, 6.45) is -0.446.